The molecule has 0 fully saturated rings. The number of anilines is 1. The highest BCUT2D eigenvalue weighted by molar-refractivity contribution is 7.89. The fraction of sp³-hybridized carbons (Fsp3) is 0.300. The summed E-state index contributed by atoms with van der Waals surface area (Å²) in [6, 6.07) is 8.45. The van der Waals surface area contributed by atoms with E-state index in [4.69, 9.17) is 9.47 Å². The van der Waals surface area contributed by atoms with Gasteiger partial charge in [0.05, 0.1) is 35.2 Å². The zero-order chi connectivity index (χ0) is 22.0. The van der Waals surface area contributed by atoms with Gasteiger partial charge in [-0.3, -0.25) is 4.79 Å². The molecule has 8 nitrogen and oxygen atoms in total. The third kappa shape index (κ3) is 4.90. The second-order valence-electron chi connectivity index (χ2n) is 6.92. The van der Waals surface area contributed by atoms with Gasteiger partial charge in [0.2, 0.25) is 15.9 Å². The zero-order valence-electron chi connectivity index (χ0n) is 17.0. The number of benzene rings is 1. The third-order valence-corrected chi connectivity index (χ3v) is 8.12. The molecule has 1 aliphatic rings. The standard InChI is InChI=1S/C20H21N3O5S3/c1-13-4-7-18(30-13)15-12-29-20(21-15)22-19(24)11-23(2)31(25,26)14-5-6-16-17(10-14)28-9-3-8-27-16/h4-7,10,12H,3,8-9,11H2,1-2H3,(H,21,22,24). The van der Waals surface area contributed by atoms with Gasteiger partial charge in [0.15, 0.2) is 16.6 Å². The van der Waals surface area contributed by atoms with Crippen LogP contribution in [0.1, 0.15) is 11.3 Å². The molecule has 0 saturated carbocycles. The topological polar surface area (TPSA) is 97.8 Å². The van der Waals surface area contributed by atoms with Gasteiger partial charge in [0.1, 0.15) is 0 Å². The first kappa shape index (κ1) is 21.8. The maximum atomic E-state index is 12.9. The van der Waals surface area contributed by atoms with Crippen LogP contribution in [0.2, 0.25) is 0 Å². The summed E-state index contributed by atoms with van der Waals surface area (Å²) in [6.07, 6.45) is 0.724. The lowest BCUT2D eigenvalue weighted by Gasteiger charge is -2.17. The van der Waals surface area contributed by atoms with Crippen LogP contribution in [0.3, 0.4) is 0 Å². The van der Waals surface area contributed by atoms with Crippen molar-refractivity contribution in [3.05, 3.63) is 40.6 Å². The number of carbonyl (C=O) groups excluding carboxylic acids is 1. The van der Waals surface area contributed by atoms with Crippen molar-refractivity contribution in [1.29, 1.82) is 0 Å². The van der Waals surface area contributed by atoms with Crippen molar-refractivity contribution in [2.24, 2.45) is 0 Å². The molecule has 1 amide bonds. The predicted octanol–water partition coefficient (Wildman–Crippen LogP) is 3.60. The average molecular weight is 480 g/mol. The molecule has 1 N–H and O–H groups in total. The van der Waals surface area contributed by atoms with Crippen LogP contribution in [0.25, 0.3) is 10.6 Å². The molecule has 164 valence electrons. The maximum Gasteiger partial charge on any atom is 0.243 e. The lowest BCUT2D eigenvalue weighted by molar-refractivity contribution is -0.116. The van der Waals surface area contributed by atoms with Gasteiger partial charge in [-0.05, 0) is 31.2 Å². The molecule has 4 rings (SSSR count). The molecular formula is C20H21N3O5S3. The Morgan fingerprint density at radius 3 is 2.71 bits per heavy atom. The Bertz CT molecular complexity index is 1200. The number of sulfonamides is 1. The summed E-state index contributed by atoms with van der Waals surface area (Å²) in [5.41, 5.74) is 0.784. The Kier molecular flexibility index (Phi) is 6.28. The summed E-state index contributed by atoms with van der Waals surface area (Å²) in [7, 11) is -2.52. The number of aryl methyl sites for hydroxylation is 1. The van der Waals surface area contributed by atoms with E-state index in [-0.39, 0.29) is 11.4 Å². The number of fused-ring (bicyclic) bond motifs is 1. The van der Waals surface area contributed by atoms with E-state index in [1.807, 2.05) is 24.4 Å². The zero-order valence-corrected chi connectivity index (χ0v) is 19.4. The van der Waals surface area contributed by atoms with Crippen molar-refractivity contribution >= 4 is 43.7 Å². The molecule has 0 bridgehead atoms. The van der Waals surface area contributed by atoms with Crippen LogP contribution < -0.4 is 14.8 Å². The van der Waals surface area contributed by atoms with E-state index in [2.05, 4.69) is 10.3 Å². The van der Waals surface area contributed by atoms with Gasteiger partial charge in [0.25, 0.3) is 0 Å². The van der Waals surface area contributed by atoms with Gasteiger partial charge < -0.3 is 14.8 Å². The Balaban J connectivity index is 1.42. The highest BCUT2D eigenvalue weighted by Gasteiger charge is 2.25. The molecule has 0 saturated heterocycles. The summed E-state index contributed by atoms with van der Waals surface area (Å²) in [4.78, 5) is 19.1. The summed E-state index contributed by atoms with van der Waals surface area (Å²) in [5, 5.41) is 4.96. The molecule has 0 atom stereocenters. The molecule has 3 aromatic rings. The fourth-order valence-electron chi connectivity index (χ4n) is 2.95. The van der Waals surface area contributed by atoms with E-state index in [9.17, 15) is 13.2 Å². The smallest absolute Gasteiger partial charge is 0.243 e. The van der Waals surface area contributed by atoms with Crippen molar-refractivity contribution in [3.63, 3.8) is 0 Å². The second kappa shape index (κ2) is 8.95. The van der Waals surface area contributed by atoms with Gasteiger partial charge in [-0.2, -0.15) is 4.31 Å². The van der Waals surface area contributed by atoms with E-state index in [0.717, 1.165) is 21.3 Å². The molecule has 2 aromatic heterocycles. The molecule has 1 aliphatic heterocycles. The number of nitrogens with zero attached hydrogens (tertiary/aromatic N) is 2. The number of carbonyl (C=O) groups is 1. The monoisotopic (exact) mass is 479 g/mol. The first-order valence-corrected chi connectivity index (χ1v) is 12.6. The molecule has 0 aliphatic carbocycles. The van der Waals surface area contributed by atoms with Crippen LogP contribution in [0.5, 0.6) is 11.5 Å². The molecular weight excluding hydrogens is 458 g/mol. The lowest BCUT2D eigenvalue weighted by Crippen LogP contribution is -2.35. The largest absolute Gasteiger partial charge is 0.490 e. The molecule has 0 radical (unpaired) electrons. The number of nitrogens with one attached hydrogen (secondary N) is 1. The number of hydrogen-bond donors (Lipinski definition) is 1. The first-order chi connectivity index (χ1) is 14.8. The minimum Gasteiger partial charge on any atom is -0.490 e. The minimum atomic E-state index is -3.89. The Morgan fingerprint density at radius 1 is 1.19 bits per heavy atom. The normalized spacial score (nSPS) is 13.8. The van der Waals surface area contributed by atoms with Gasteiger partial charge in [-0.15, -0.1) is 22.7 Å². The van der Waals surface area contributed by atoms with E-state index >= 15 is 0 Å². The Morgan fingerprint density at radius 2 is 1.97 bits per heavy atom. The Labute approximate surface area is 188 Å². The van der Waals surface area contributed by atoms with Gasteiger partial charge >= 0.3 is 0 Å². The first-order valence-electron chi connectivity index (χ1n) is 9.51. The molecule has 31 heavy (non-hydrogen) atoms. The van der Waals surface area contributed by atoms with Crippen LogP contribution in [0.15, 0.2) is 40.6 Å². The molecule has 3 heterocycles. The number of rotatable bonds is 6. The van der Waals surface area contributed by atoms with Crippen LogP contribution in [0, 0.1) is 6.92 Å². The minimum absolute atomic E-state index is 0.0386. The van der Waals surface area contributed by atoms with Gasteiger partial charge in [-0.25, -0.2) is 13.4 Å². The van der Waals surface area contributed by atoms with Crippen molar-refractivity contribution in [2.45, 2.75) is 18.2 Å². The van der Waals surface area contributed by atoms with Crippen molar-refractivity contribution in [2.75, 3.05) is 32.1 Å². The third-order valence-electron chi connectivity index (χ3n) is 4.54. The molecule has 0 unspecified atom stereocenters. The van der Waals surface area contributed by atoms with E-state index in [0.29, 0.717) is 29.8 Å². The maximum absolute atomic E-state index is 12.9. The number of hydrogen-bond acceptors (Lipinski definition) is 8. The van der Waals surface area contributed by atoms with Crippen LogP contribution >= 0.6 is 22.7 Å². The summed E-state index contributed by atoms with van der Waals surface area (Å²) in [5.74, 6) is 0.427. The highest BCUT2D eigenvalue weighted by Crippen LogP contribution is 2.33. The number of thiophene rings is 1. The van der Waals surface area contributed by atoms with Gasteiger partial charge in [-0.1, -0.05) is 0 Å². The molecule has 11 heteroatoms. The quantitative estimate of drug-likeness (QED) is 0.580. The SMILES string of the molecule is Cc1ccc(-c2csc(NC(=O)CN(C)S(=O)(=O)c3ccc4c(c3)OCCCO4)n2)s1. The highest BCUT2D eigenvalue weighted by atomic mass is 32.2. The molecule has 0 spiro atoms. The van der Waals surface area contributed by atoms with E-state index in [1.165, 1.54) is 35.4 Å². The van der Waals surface area contributed by atoms with Crippen molar-refractivity contribution < 1.29 is 22.7 Å². The lowest BCUT2D eigenvalue weighted by atomic mass is 10.3. The number of amides is 1. The number of ether oxygens (including phenoxy) is 2. The van der Waals surface area contributed by atoms with Crippen LogP contribution in [-0.4, -0.2) is 50.4 Å². The summed E-state index contributed by atoms with van der Waals surface area (Å²) < 4.78 is 38.0. The van der Waals surface area contributed by atoms with Gasteiger partial charge in [0, 0.05) is 29.8 Å². The fourth-order valence-corrected chi connectivity index (χ4v) is 5.72. The number of aromatic nitrogens is 1. The summed E-state index contributed by atoms with van der Waals surface area (Å²) in [6.45, 7) is 2.64. The van der Waals surface area contributed by atoms with Crippen LogP contribution in [0.4, 0.5) is 5.13 Å². The molecule has 1 aromatic carbocycles. The summed E-state index contributed by atoms with van der Waals surface area (Å²) >= 11 is 2.92. The van der Waals surface area contributed by atoms with E-state index in [1.54, 1.807) is 17.4 Å². The van der Waals surface area contributed by atoms with Crippen LogP contribution in [-0.2, 0) is 14.8 Å². The Hall–Kier alpha value is -2.47. The van der Waals surface area contributed by atoms with E-state index < -0.39 is 15.9 Å². The predicted molar refractivity (Wildman–Crippen MR) is 121 cm³/mol. The van der Waals surface area contributed by atoms with Crippen molar-refractivity contribution in [1.82, 2.24) is 9.29 Å². The number of thiazole rings is 1. The number of likely N-dealkylation sites (N-methyl/N-ethyl adjacent to an activating group) is 1. The average Bonchev–Trinajstić information content (AvgIpc) is 3.30. The van der Waals surface area contributed by atoms with Crippen molar-refractivity contribution in [3.8, 4) is 22.1 Å². The second-order valence-corrected chi connectivity index (χ2v) is 11.1.